The second-order valence-corrected chi connectivity index (χ2v) is 5.80. The minimum atomic E-state index is -0.251. The van der Waals surface area contributed by atoms with Gasteiger partial charge in [0, 0.05) is 23.9 Å². The maximum Gasteiger partial charge on any atom is 0.237 e. The van der Waals surface area contributed by atoms with E-state index in [-0.39, 0.29) is 18.0 Å². The molecule has 0 aliphatic rings. The van der Waals surface area contributed by atoms with Gasteiger partial charge in [0.1, 0.15) is 0 Å². The first kappa shape index (κ1) is 15.9. The van der Waals surface area contributed by atoms with Gasteiger partial charge in [0.15, 0.2) is 0 Å². The van der Waals surface area contributed by atoms with Crippen LogP contribution in [0.5, 0.6) is 0 Å². The van der Waals surface area contributed by atoms with Crippen LogP contribution in [0, 0.1) is 0 Å². The summed E-state index contributed by atoms with van der Waals surface area (Å²) in [6.45, 7) is 12.2. The number of aromatic nitrogens is 1. The third-order valence-corrected chi connectivity index (χ3v) is 3.95. The molecule has 19 heavy (non-hydrogen) atoms. The molecular formula is C14H23N3OS. The SMILES string of the molecule is C=CCNC(=O)[C@H](C)N[C@@H](C)c1csc(C(C)C)n1. The van der Waals surface area contributed by atoms with Crippen LogP contribution >= 0.6 is 11.3 Å². The fourth-order valence-electron chi connectivity index (χ4n) is 1.63. The van der Waals surface area contributed by atoms with Gasteiger partial charge in [-0.15, -0.1) is 17.9 Å². The number of nitrogens with one attached hydrogen (secondary N) is 2. The molecule has 1 amide bonds. The van der Waals surface area contributed by atoms with Crippen molar-refractivity contribution in [1.82, 2.24) is 15.6 Å². The average molecular weight is 281 g/mol. The highest BCUT2D eigenvalue weighted by molar-refractivity contribution is 7.09. The van der Waals surface area contributed by atoms with Crippen molar-refractivity contribution in [3.8, 4) is 0 Å². The third kappa shape index (κ3) is 4.76. The molecular weight excluding hydrogens is 258 g/mol. The Kier molecular flexibility index (Phi) is 6.18. The van der Waals surface area contributed by atoms with E-state index in [9.17, 15) is 4.79 Å². The van der Waals surface area contributed by atoms with Crippen LogP contribution in [0.2, 0.25) is 0 Å². The molecule has 0 aliphatic carbocycles. The normalized spacial score (nSPS) is 14.2. The summed E-state index contributed by atoms with van der Waals surface area (Å²) in [5, 5.41) is 9.22. The van der Waals surface area contributed by atoms with Gasteiger partial charge >= 0.3 is 0 Å². The lowest BCUT2D eigenvalue weighted by Gasteiger charge is -2.18. The van der Waals surface area contributed by atoms with Gasteiger partial charge in [-0.05, 0) is 13.8 Å². The Balaban J connectivity index is 2.55. The van der Waals surface area contributed by atoms with Gasteiger partial charge in [-0.3, -0.25) is 10.1 Å². The Hall–Kier alpha value is -1.20. The molecule has 5 heteroatoms. The maximum absolute atomic E-state index is 11.7. The van der Waals surface area contributed by atoms with Crippen LogP contribution in [-0.2, 0) is 4.79 Å². The molecule has 0 fully saturated rings. The molecule has 0 radical (unpaired) electrons. The summed E-state index contributed by atoms with van der Waals surface area (Å²) in [6, 6.07) is -0.188. The van der Waals surface area contributed by atoms with E-state index in [0.29, 0.717) is 12.5 Å². The first-order chi connectivity index (χ1) is 8.95. The van der Waals surface area contributed by atoms with Crippen molar-refractivity contribution in [3.05, 3.63) is 28.7 Å². The summed E-state index contributed by atoms with van der Waals surface area (Å²) in [5.74, 6) is 0.422. The summed E-state index contributed by atoms with van der Waals surface area (Å²) < 4.78 is 0. The van der Waals surface area contributed by atoms with Crippen LogP contribution in [0.15, 0.2) is 18.0 Å². The maximum atomic E-state index is 11.7. The summed E-state index contributed by atoms with van der Waals surface area (Å²) in [4.78, 5) is 16.3. The number of hydrogen-bond donors (Lipinski definition) is 2. The lowest BCUT2D eigenvalue weighted by atomic mass is 10.2. The van der Waals surface area contributed by atoms with Crippen LogP contribution < -0.4 is 10.6 Å². The Labute approximate surface area is 119 Å². The van der Waals surface area contributed by atoms with E-state index in [1.165, 1.54) is 0 Å². The van der Waals surface area contributed by atoms with E-state index >= 15 is 0 Å². The van der Waals surface area contributed by atoms with E-state index in [4.69, 9.17) is 0 Å². The number of hydrogen-bond acceptors (Lipinski definition) is 4. The zero-order chi connectivity index (χ0) is 14.4. The molecule has 2 N–H and O–H groups in total. The third-order valence-electron chi connectivity index (χ3n) is 2.79. The Bertz CT molecular complexity index is 428. The highest BCUT2D eigenvalue weighted by Crippen LogP contribution is 2.22. The molecule has 1 heterocycles. The van der Waals surface area contributed by atoms with Gasteiger partial charge in [0.25, 0.3) is 0 Å². The molecule has 0 saturated heterocycles. The molecule has 0 bridgehead atoms. The molecule has 0 saturated carbocycles. The first-order valence-corrected chi connectivity index (χ1v) is 7.43. The molecule has 0 aliphatic heterocycles. The number of rotatable bonds is 7. The van der Waals surface area contributed by atoms with E-state index in [1.807, 2.05) is 13.8 Å². The Morgan fingerprint density at radius 1 is 1.47 bits per heavy atom. The predicted octanol–water partition coefficient (Wildman–Crippen LogP) is 2.61. The minimum Gasteiger partial charge on any atom is -0.351 e. The largest absolute Gasteiger partial charge is 0.351 e. The van der Waals surface area contributed by atoms with Crippen LogP contribution in [-0.4, -0.2) is 23.5 Å². The van der Waals surface area contributed by atoms with Crippen molar-refractivity contribution in [1.29, 1.82) is 0 Å². The molecule has 1 aromatic heterocycles. The topological polar surface area (TPSA) is 54.0 Å². The van der Waals surface area contributed by atoms with Crippen molar-refractivity contribution in [2.75, 3.05) is 6.54 Å². The second-order valence-electron chi connectivity index (χ2n) is 4.91. The average Bonchev–Trinajstić information content (AvgIpc) is 2.85. The van der Waals surface area contributed by atoms with Gasteiger partial charge in [-0.25, -0.2) is 4.98 Å². The van der Waals surface area contributed by atoms with E-state index < -0.39 is 0 Å². The molecule has 2 atom stereocenters. The zero-order valence-corrected chi connectivity index (χ0v) is 12.9. The number of nitrogens with zero attached hydrogens (tertiary/aromatic N) is 1. The van der Waals surface area contributed by atoms with Crippen molar-refractivity contribution in [3.63, 3.8) is 0 Å². The van der Waals surface area contributed by atoms with Crippen molar-refractivity contribution in [2.45, 2.75) is 45.7 Å². The summed E-state index contributed by atoms with van der Waals surface area (Å²) in [7, 11) is 0. The Morgan fingerprint density at radius 3 is 2.68 bits per heavy atom. The Morgan fingerprint density at radius 2 is 2.16 bits per heavy atom. The fraction of sp³-hybridized carbons (Fsp3) is 0.571. The lowest BCUT2D eigenvalue weighted by Crippen LogP contribution is -2.43. The van der Waals surface area contributed by atoms with Gasteiger partial charge in [0.2, 0.25) is 5.91 Å². The van der Waals surface area contributed by atoms with Crippen molar-refractivity contribution < 1.29 is 4.79 Å². The van der Waals surface area contributed by atoms with Gasteiger partial charge in [0.05, 0.1) is 16.7 Å². The van der Waals surface area contributed by atoms with Crippen molar-refractivity contribution >= 4 is 17.2 Å². The van der Waals surface area contributed by atoms with Crippen LogP contribution in [0.4, 0.5) is 0 Å². The highest BCUT2D eigenvalue weighted by atomic mass is 32.1. The molecule has 0 unspecified atom stereocenters. The van der Waals surface area contributed by atoms with E-state index in [1.54, 1.807) is 17.4 Å². The lowest BCUT2D eigenvalue weighted by molar-refractivity contribution is -0.122. The van der Waals surface area contributed by atoms with E-state index in [0.717, 1.165) is 10.7 Å². The molecule has 0 spiro atoms. The second kappa shape index (κ2) is 7.40. The fourth-order valence-corrected chi connectivity index (χ4v) is 2.56. The summed E-state index contributed by atoms with van der Waals surface area (Å²) >= 11 is 1.67. The van der Waals surface area contributed by atoms with Crippen LogP contribution in [0.25, 0.3) is 0 Å². The van der Waals surface area contributed by atoms with Gasteiger partial charge in [-0.1, -0.05) is 19.9 Å². The van der Waals surface area contributed by atoms with Crippen LogP contribution in [0.3, 0.4) is 0 Å². The molecule has 1 aromatic rings. The molecule has 1 rings (SSSR count). The van der Waals surface area contributed by atoms with Gasteiger partial charge in [-0.2, -0.15) is 0 Å². The zero-order valence-electron chi connectivity index (χ0n) is 12.1. The summed E-state index contributed by atoms with van der Waals surface area (Å²) in [6.07, 6.45) is 1.67. The standard InChI is InChI=1S/C14H23N3OS/c1-6-7-15-13(18)11(5)16-10(4)12-8-19-14(17-12)9(2)3/h6,8-11,16H,1,7H2,2-5H3,(H,15,18)/t10-,11-/m0/s1. The van der Waals surface area contributed by atoms with E-state index in [2.05, 4.69) is 41.4 Å². The molecule has 106 valence electrons. The smallest absolute Gasteiger partial charge is 0.237 e. The quantitative estimate of drug-likeness (QED) is 0.755. The number of amides is 1. The number of carbonyl (C=O) groups is 1. The predicted molar refractivity (Wildman–Crippen MR) is 80.4 cm³/mol. The molecule has 0 aromatic carbocycles. The molecule has 4 nitrogen and oxygen atoms in total. The monoisotopic (exact) mass is 281 g/mol. The first-order valence-electron chi connectivity index (χ1n) is 6.55. The minimum absolute atomic E-state index is 0.0222. The number of thiazole rings is 1. The van der Waals surface area contributed by atoms with Crippen LogP contribution in [0.1, 0.15) is 50.4 Å². The van der Waals surface area contributed by atoms with Crippen molar-refractivity contribution in [2.24, 2.45) is 0 Å². The highest BCUT2D eigenvalue weighted by Gasteiger charge is 2.17. The summed E-state index contributed by atoms with van der Waals surface area (Å²) in [5.41, 5.74) is 0.997. The van der Waals surface area contributed by atoms with Gasteiger partial charge < -0.3 is 5.32 Å². The number of carbonyl (C=O) groups excluding carboxylic acids is 1.